The Balaban J connectivity index is 1.96. The molecule has 5 nitrogen and oxygen atoms in total. The van der Waals surface area contributed by atoms with E-state index in [-0.39, 0.29) is 18.2 Å². The number of carbonyl (C=O) groups excluding carboxylic acids is 2. The Bertz CT molecular complexity index is 445. The zero-order chi connectivity index (χ0) is 13.1. The zero-order valence-corrected chi connectivity index (χ0v) is 10.6. The van der Waals surface area contributed by atoms with Crippen molar-refractivity contribution in [1.82, 2.24) is 15.3 Å². The molecule has 1 aliphatic rings. The molecule has 2 rings (SSSR count). The average Bonchev–Trinajstić information content (AvgIpc) is 2.63. The van der Waals surface area contributed by atoms with Gasteiger partial charge in [0.2, 0.25) is 5.91 Å². The SMILES string of the molecule is CN(C)N1C(=O)CC(NCc2ccccc2)C1=O. The molecular weight excluding hydrogens is 230 g/mol. The first-order chi connectivity index (χ1) is 8.59. The van der Waals surface area contributed by atoms with Crippen molar-refractivity contribution in [1.29, 1.82) is 0 Å². The maximum Gasteiger partial charge on any atom is 0.261 e. The molecule has 1 aliphatic heterocycles. The molecule has 5 heteroatoms. The number of hydrazine groups is 1. The summed E-state index contributed by atoms with van der Waals surface area (Å²) in [4.78, 5) is 23.7. The van der Waals surface area contributed by atoms with Crippen LogP contribution in [0.1, 0.15) is 12.0 Å². The van der Waals surface area contributed by atoms with E-state index in [9.17, 15) is 9.59 Å². The van der Waals surface area contributed by atoms with Gasteiger partial charge in [0.1, 0.15) is 0 Å². The van der Waals surface area contributed by atoms with Crippen LogP contribution in [0, 0.1) is 0 Å². The molecule has 1 unspecified atom stereocenters. The minimum absolute atomic E-state index is 0.157. The molecule has 0 aliphatic carbocycles. The summed E-state index contributed by atoms with van der Waals surface area (Å²) in [6.45, 7) is 0.589. The van der Waals surface area contributed by atoms with E-state index < -0.39 is 6.04 Å². The predicted octanol–water partition coefficient (Wildman–Crippen LogP) is 0.380. The Hall–Kier alpha value is -1.72. The number of imide groups is 1. The Morgan fingerprint density at radius 1 is 1.28 bits per heavy atom. The molecule has 96 valence electrons. The van der Waals surface area contributed by atoms with Gasteiger partial charge in [0.25, 0.3) is 5.91 Å². The molecule has 1 saturated heterocycles. The lowest BCUT2D eigenvalue weighted by Gasteiger charge is -2.21. The van der Waals surface area contributed by atoms with Crippen LogP contribution in [0.4, 0.5) is 0 Å². The molecule has 0 aromatic heterocycles. The van der Waals surface area contributed by atoms with E-state index in [4.69, 9.17) is 0 Å². The van der Waals surface area contributed by atoms with Crippen molar-refractivity contribution in [2.75, 3.05) is 14.1 Å². The fraction of sp³-hybridized carbons (Fsp3) is 0.385. The second-order valence-electron chi connectivity index (χ2n) is 4.51. The largest absolute Gasteiger partial charge is 0.301 e. The van der Waals surface area contributed by atoms with Crippen LogP contribution < -0.4 is 5.32 Å². The maximum absolute atomic E-state index is 12.0. The van der Waals surface area contributed by atoms with Crippen LogP contribution in [0.15, 0.2) is 30.3 Å². The minimum Gasteiger partial charge on any atom is -0.301 e. The van der Waals surface area contributed by atoms with Gasteiger partial charge in [-0.25, -0.2) is 10.0 Å². The molecule has 2 amide bonds. The molecule has 1 atom stereocenters. The molecule has 1 heterocycles. The van der Waals surface area contributed by atoms with Crippen molar-refractivity contribution >= 4 is 11.8 Å². The lowest BCUT2D eigenvalue weighted by Crippen LogP contribution is -2.45. The normalized spacial score (nSPS) is 19.9. The van der Waals surface area contributed by atoms with E-state index in [0.717, 1.165) is 5.56 Å². The molecule has 0 saturated carbocycles. The molecule has 1 aromatic carbocycles. The third-order valence-electron chi connectivity index (χ3n) is 2.92. The highest BCUT2D eigenvalue weighted by Crippen LogP contribution is 2.14. The van der Waals surface area contributed by atoms with Gasteiger partial charge in [-0.3, -0.25) is 9.59 Å². The van der Waals surface area contributed by atoms with Crippen LogP contribution in [0.2, 0.25) is 0 Å². The highest BCUT2D eigenvalue weighted by Gasteiger charge is 2.39. The molecular formula is C13H17N3O2. The van der Waals surface area contributed by atoms with E-state index in [1.54, 1.807) is 14.1 Å². The van der Waals surface area contributed by atoms with Crippen LogP contribution in [0.25, 0.3) is 0 Å². The molecule has 0 bridgehead atoms. The summed E-state index contributed by atoms with van der Waals surface area (Å²) in [6.07, 6.45) is 0.226. The van der Waals surface area contributed by atoms with Crippen molar-refractivity contribution < 1.29 is 9.59 Å². The number of hydrogen-bond acceptors (Lipinski definition) is 4. The summed E-state index contributed by atoms with van der Waals surface area (Å²) in [7, 11) is 3.38. The number of benzene rings is 1. The zero-order valence-electron chi connectivity index (χ0n) is 10.6. The van der Waals surface area contributed by atoms with Gasteiger partial charge in [-0.15, -0.1) is 0 Å². The third-order valence-corrected chi connectivity index (χ3v) is 2.92. The standard InChI is InChI=1S/C13H17N3O2/c1-15(2)16-12(17)8-11(13(16)18)14-9-10-6-4-3-5-7-10/h3-7,11,14H,8-9H2,1-2H3. The summed E-state index contributed by atoms with van der Waals surface area (Å²) in [6, 6.07) is 9.40. The molecule has 1 fully saturated rings. The fourth-order valence-corrected chi connectivity index (χ4v) is 2.04. The molecule has 0 radical (unpaired) electrons. The van der Waals surface area contributed by atoms with Crippen molar-refractivity contribution in [3.05, 3.63) is 35.9 Å². The predicted molar refractivity (Wildman–Crippen MR) is 67.2 cm³/mol. The lowest BCUT2D eigenvalue weighted by atomic mass is 10.2. The van der Waals surface area contributed by atoms with Gasteiger partial charge < -0.3 is 5.32 Å². The van der Waals surface area contributed by atoms with Crippen molar-refractivity contribution in [2.24, 2.45) is 0 Å². The van der Waals surface area contributed by atoms with E-state index in [1.165, 1.54) is 10.0 Å². The minimum atomic E-state index is -0.417. The molecule has 0 spiro atoms. The van der Waals surface area contributed by atoms with Gasteiger partial charge in [-0.1, -0.05) is 30.3 Å². The second-order valence-corrected chi connectivity index (χ2v) is 4.51. The Labute approximate surface area is 106 Å². The summed E-state index contributed by atoms with van der Waals surface area (Å²) < 4.78 is 0. The first-order valence-corrected chi connectivity index (χ1v) is 5.91. The van der Waals surface area contributed by atoms with Crippen LogP contribution >= 0.6 is 0 Å². The van der Waals surface area contributed by atoms with Crippen molar-refractivity contribution in [3.8, 4) is 0 Å². The number of amides is 2. The van der Waals surface area contributed by atoms with Crippen LogP contribution in [-0.2, 0) is 16.1 Å². The summed E-state index contributed by atoms with van der Waals surface area (Å²) in [5.74, 6) is -0.337. The van der Waals surface area contributed by atoms with E-state index in [0.29, 0.717) is 6.54 Å². The molecule has 18 heavy (non-hydrogen) atoms. The van der Waals surface area contributed by atoms with Crippen LogP contribution in [0.5, 0.6) is 0 Å². The first-order valence-electron chi connectivity index (χ1n) is 5.91. The number of hydrogen-bond donors (Lipinski definition) is 1. The number of nitrogens with one attached hydrogen (secondary N) is 1. The fourth-order valence-electron chi connectivity index (χ4n) is 2.04. The highest BCUT2D eigenvalue weighted by atomic mass is 16.2. The average molecular weight is 247 g/mol. The number of nitrogens with zero attached hydrogens (tertiary/aromatic N) is 2. The third kappa shape index (κ3) is 2.57. The Morgan fingerprint density at radius 2 is 1.94 bits per heavy atom. The topological polar surface area (TPSA) is 52.6 Å². The summed E-state index contributed by atoms with van der Waals surface area (Å²) >= 11 is 0. The quantitative estimate of drug-likeness (QED) is 0.782. The van der Waals surface area contributed by atoms with E-state index >= 15 is 0 Å². The lowest BCUT2D eigenvalue weighted by molar-refractivity contribution is -0.153. The van der Waals surface area contributed by atoms with Gasteiger partial charge in [-0.2, -0.15) is 0 Å². The van der Waals surface area contributed by atoms with Crippen LogP contribution in [0.3, 0.4) is 0 Å². The second kappa shape index (κ2) is 5.29. The van der Waals surface area contributed by atoms with Gasteiger partial charge in [-0.05, 0) is 5.56 Å². The van der Waals surface area contributed by atoms with Crippen molar-refractivity contribution in [2.45, 2.75) is 19.0 Å². The Morgan fingerprint density at radius 3 is 2.50 bits per heavy atom. The van der Waals surface area contributed by atoms with Gasteiger partial charge in [0.15, 0.2) is 0 Å². The molecule has 1 aromatic rings. The number of carbonyl (C=O) groups is 2. The van der Waals surface area contributed by atoms with E-state index in [2.05, 4.69) is 5.32 Å². The summed E-state index contributed by atoms with van der Waals surface area (Å²) in [5, 5.41) is 5.83. The first kappa shape index (κ1) is 12.7. The molecule has 1 N–H and O–H groups in total. The Kier molecular flexibility index (Phi) is 3.74. The smallest absolute Gasteiger partial charge is 0.261 e. The summed E-state index contributed by atoms with van der Waals surface area (Å²) in [5.41, 5.74) is 1.10. The highest BCUT2D eigenvalue weighted by molar-refractivity contribution is 6.04. The van der Waals surface area contributed by atoms with Gasteiger partial charge in [0.05, 0.1) is 12.5 Å². The maximum atomic E-state index is 12.0. The van der Waals surface area contributed by atoms with Crippen LogP contribution in [-0.4, -0.2) is 42.0 Å². The number of rotatable bonds is 4. The van der Waals surface area contributed by atoms with E-state index in [1.807, 2.05) is 30.3 Å². The van der Waals surface area contributed by atoms with Crippen molar-refractivity contribution in [3.63, 3.8) is 0 Å². The monoisotopic (exact) mass is 247 g/mol. The van der Waals surface area contributed by atoms with Gasteiger partial charge in [0, 0.05) is 20.6 Å². The van der Waals surface area contributed by atoms with Gasteiger partial charge >= 0.3 is 0 Å².